The van der Waals surface area contributed by atoms with Crippen molar-refractivity contribution in [3.63, 3.8) is 0 Å². The molecule has 1 N–H and O–H groups in total. The number of hydrogen-bond acceptors (Lipinski definition) is 3. The van der Waals surface area contributed by atoms with Gasteiger partial charge in [0.1, 0.15) is 0 Å². The highest BCUT2D eigenvalue weighted by Gasteiger charge is 2.36. The van der Waals surface area contributed by atoms with Crippen LogP contribution in [-0.2, 0) is 6.54 Å². The number of carbonyl (C=O) groups is 3. The first-order chi connectivity index (χ1) is 12.0. The summed E-state index contributed by atoms with van der Waals surface area (Å²) in [6.07, 6.45) is 0.818. The van der Waals surface area contributed by atoms with Gasteiger partial charge in [-0.25, -0.2) is 0 Å². The second-order valence-electron chi connectivity index (χ2n) is 6.23. The lowest BCUT2D eigenvalue weighted by molar-refractivity contribution is 0.0642. The van der Waals surface area contributed by atoms with Crippen LogP contribution in [0.4, 0.5) is 0 Å². The standard InChI is InChI=1S/C20H20N2O3/c1-3-13(2)21-18(23)15-9-10-16-17(11-15)20(25)22(19(16)24)12-14-7-5-4-6-8-14/h4-11,13H,3,12H2,1-2H3,(H,21,23). The van der Waals surface area contributed by atoms with Gasteiger partial charge in [-0.1, -0.05) is 37.3 Å². The Morgan fingerprint density at radius 3 is 2.40 bits per heavy atom. The van der Waals surface area contributed by atoms with Crippen molar-refractivity contribution in [2.75, 3.05) is 0 Å². The van der Waals surface area contributed by atoms with Crippen LogP contribution < -0.4 is 5.32 Å². The third-order valence-electron chi connectivity index (χ3n) is 4.41. The lowest BCUT2D eigenvalue weighted by Gasteiger charge is -2.13. The second-order valence-corrected chi connectivity index (χ2v) is 6.23. The molecule has 0 aromatic heterocycles. The van der Waals surface area contributed by atoms with Crippen molar-refractivity contribution in [3.05, 3.63) is 70.8 Å². The monoisotopic (exact) mass is 336 g/mol. The highest BCUT2D eigenvalue weighted by molar-refractivity contribution is 6.22. The highest BCUT2D eigenvalue weighted by atomic mass is 16.2. The van der Waals surface area contributed by atoms with Crippen molar-refractivity contribution in [2.24, 2.45) is 0 Å². The van der Waals surface area contributed by atoms with Crippen LogP contribution in [-0.4, -0.2) is 28.7 Å². The molecule has 2 aromatic carbocycles. The Morgan fingerprint density at radius 1 is 1.04 bits per heavy atom. The Hall–Kier alpha value is -2.95. The maximum absolute atomic E-state index is 12.6. The molecule has 5 nitrogen and oxygen atoms in total. The molecule has 0 saturated heterocycles. The normalized spacial score (nSPS) is 14.4. The molecule has 0 aliphatic carbocycles. The number of hydrogen-bond donors (Lipinski definition) is 1. The molecule has 3 amide bonds. The molecule has 1 atom stereocenters. The van der Waals surface area contributed by atoms with Crippen molar-refractivity contribution in [1.29, 1.82) is 0 Å². The van der Waals surface area contributed by atoms with Crippen LogP contribution in [0.25, 0.3) is 0 Å². The van der Waals surface area contributed by atoms with E-state index in [0.717, 1.165) is 12.0 Å². The molecule has 1 aliphatic rings. The summed E-state index contributed by atoms with van der Waals surface area (Å²) in [5.74, 6) is -0.918. The first-order valence-electron chi connectivity index (χ1n) is 8.36. The summed E-state index contributed by atoms with van der Waals surface area (Å²) < 4.78 is 0. The number of carbonyl (C=O) groups excluding carboxylic acids is 3. The average molecular weight is 336 g/mol. The molecule has 0 bridgehead atoms. The molecule has 5 heteroatoms. The predicted octanol–water partition coefficient (Wildman–Crippen LogP) is 3.01. The van der Waals surface area contributed by atoms with Crippen molar-refractivity contribution in [2.45, 2.75) is 32.9 Å². The van der Waals surface area contributed by atoms with Gasteiger partial charge in [-0.15, -0.1) is 0 Å². The summed E-state index contributed by atoms with van der Waals surface area (Å²) in [5, 5.41) is 2.87. The zero-order chi connectivity index (χ0) is 18.0. The minimum Gasteiger partial charge on any atom is -0.350 e. The topological polar surface area (TPSA) is 66.5 Å². The smallest absolute Gasteiger partial charge is 0.261 e. The first-order valence-corrected chi connectivity index (χ1v) is 8.36. The van der Waals surface area contributed by atoms with Gasteiger partial charge in [0.15, 0.2) is 0 Å². The molecule has 1 unspecified atom stereocenters. The SMILES string of the molecule is CCC(C)NC(=O)c1ccc2c(c1)C(=O)N(Cc1ccccc1)C2=O. The van der Waals surface area contributed by atoms with Crippen LogP contribution >= 0.6 is 0 Å². The lowest BCUT2D eigenvalue weighted by atomic mass is 10.0. The van der Waals surface area contributed by atoms with E-state index in [4.69, 9.17) is 0 Å². The Kier molecular flexibility index (Phi) is 4.65. The maximum atomic E-state index is 12.6. The Morgan fingerprint density at radius 2 is 1.72 bits per heavy atom. The maximum Gasteiger partial charge on any atom is 0.261 e. The fraction of sp³-hybridized carbons (Fsp3) is 0.250. The molecule has 0 fully saturated rings. The molecule has 2 aromatic rings. The van der Waals surface area contributed by atoms with Crippen LogP contribution in [0.5, 0.6) is 0 Å². The van der Waals surface area contributed by atoms with E-state index < -0.39 is 0 Å². The number of nitrogens with zero attached hydrogens (tertiary/aromatic N) is 1. The van der Waals surface area contributed by atoms with Crippen molar-refractivity contribution >= 4 is 17.7 Å². The molecule has 1 heterocycles. The van der Waals surface area contributed by atoms with E-state index in [2.05, 4.69) is 5.32 Å². The van der Waals surface area contributed by atoms with Crippen LogP contribution in [0.15, 0.2) is 48.5 Å². The summed E-state index contributed by atoms with van der Waals surface area (Å²) in [7, 11) is 0. The van der Waals surface area contributed by atoms with Gasteiger partial charge in [-0.05, 0) is 37.1 Å². The van der Waals surface area contributed by atoms with Gasteiger partial charge in [0.05, 0.1) is 17.7 Å². The van der Waals surface area contributed by atoms with E-state index in [1.807, 2.05) is 44.2 Å². The van der Waals surface area contributed by atoms with E-state index in [9.17, 15) is 14.4 Å². The zero-order valence-corrected chi connectivity index (χ0v) is 14.3. The van der Waals surface area contributed by atoms with Gasteiger partial charge >= 0.3 is 0 Å². The zero-order valence-electron chi connectivity index (χ0n) is 14.3. The van der Waals surface area contributed by atoms with Crippen molar-refractivity contribution in [3.8, 4) is 0 Å². The lowest BCUT2D eigenvalue weighted by Crippen LogP contribution is -2.32. The van der Waals surface area contributed by atoms with Crippen LogP contribution in [0.1, 0.15) is 56.9 Å². The largest absolute Gasteiger partial charge is 0.350 e. The summed E-state index contributed by atoms with van der Waals surface area (Å²) in [6.45, 7) is 4.13. The molecule has 3 rings (SSSR count). The Balaban J connectivity index is 1.84. The van der Waals surface area contributed by atoms with Gasteiger partial charge in [0, 0.05) is 11.6 Å². The fourth-order valence-corrected chi connectivity index (χ4v) is 2.75. The van der Waals surface area contributed by atoms with Gasteiger partial charge < -0.3 is 5.32 Å². The predicted molar refractivity (Wildman–Crippen MR) is 94.3 cm³/mol. The second kappa shape index (κ2) is 6.89. The molecule has 0 spiro atoms. The van der Waals surface area contributed by atoms with E-state index in [-0.39, 0.29) is 35.9 Å². The van der Waals surface area contributed by atoms with Gasteiger partial charge in [-0.3, -0.25) is 19.3 Å². The molecule has 128 valence electrons. The van der Waals surface area contributed by atoms with Crippen LogP contribution in [0, 0.1) is 0 Å². The minimum absolute atomic E-state index is 0.0488. The molecule has 25 heavy (non-hydrogen) atoms. The molecule has 1 aliphatic heterocycles. The minimum atomic E-state index is -0.359. The molecular formula is C20H20N2O3. The number of imide groups is 1. The van der Waals surface area contributed by atoms with Crippen molar-refractivity contribution < 1.29 is 14.4 Å². The van der Waals surface area contributed by atoms with Crippen LogP contribution in [0.3, 0.4) is 0 Å². The van der Waals surface area contributed by atoms with Gasteiger partial charge in [-0.2, -0.15) is 0 Å². The van der Waals surface area contributed by atoms with E-state index in [0.29, 0.717) is 11.1 Å². The third kappa shape index (κ3) is 3.31. The third-order valence-corrected chi connectivity index (χ3v) is 4.41. The summed E-state index contributed by atoms with van der Waals surface area (Å²) in [5.41, 5.74) is 1.91. The molecule has 0 saturated carbocycles. The van der Waals surface area contributed by atoms with Crippen molar-refractivity contribution in [1.82, 2.24) is 10.2 Å². The fourth-order valence-electron chi connectivity index (χ4n) is 2.75. The first kappa shape index (κ1) is 16.9. The number of amides is 3. The Labute approximate surface area is 146 Å². The van der Waals surface area contributed by atoms with E-state index in [1.165, 1.54) is 11.0 Å². The average Bonchev–Trinajstić information content (AvgIpc) is 2.87. The molecule has 0 radical (unpaired) electrons. The Bertz CT molecular complexity index is 830. The molecular weight excluding hydrogens is 316 g/mol. The summed E-state index contributed by atoms with van der Waals surface area (Å²) in [6, 6.07) is 14.1. The van der Waals surface area contributed by atoms with Crippen LogP contribution in [0.2, 0.25) is 0 Å². The number of rotatable bonds is 5. The van der Waals surface area contributed by atoms with Gasteiger partial charge in [0.2, 0.25) is 0 Å². The number of benzene rings is 2. The highest BCUT2D eigenvalue weighted by Crippen LogP contribution is 2.25. The summed E-state index contributed by atoms with van der Waals surface area (Å²) >= 11 is 0. The number of fused-ring (bicyclic) bond motifs is 1. The van der Waals surface area contributed by atoms with E-state index >= 15 is 0 Å². The van der Waals surface area contributed by atoms with E-state index in [1.54, 1.807) is 12.1 Å². The number of nitrogens with one attached hydrogen (secondary N) is 1. The summed E-state index contributed by atoms with van der Waals surface area (Å²) in [4.78, 5) is 38.6. The van der Waals surface area contributed by atoms with Gasteiger partial charge in [0.25, 0.3) is 17.7 Å². The quantitative estimate of drug-likeness (QED) is 0.854.